The fourth-order valence-corrected chi connectivity index (χ4v) is 4.20. The van der Waals surface area contributed by atoms with Crippen LogP contribution in [0.1, 0.15) is 24.6 Å². The van der Waals surface area contributed by atoms with Gasteiger partial charge in [-0.05, 0) is 55.7 Å². The second-order valence-electron chi connectivity index (χ2n) is 8.78. The van der Waals surface area contributed by atoms with Crippen LogP contribution in [0.3, 0.4) is 0 Å². The lowest BCUT2D eigenvalue weighted by molar-refractivity contribution is -0.116. The number of hydrogen-bond donors (Lipinski definition) is 2. The van der Waals surface area contributed by atoms with Gasteiger partial charge in [-0.15, -0.1) is 0 Å². The number of aromatic nitrogens is 2. The van der Waals surface area contributed by atoms with Crippen molar-refractivity contribution in [3.05, 3.63) is 95.9 Å². The molecule has 3 aromatic carbocycles. The molecule has 0 radical (unpaired) electrons. The molecule has 0 aliphatic heterocycles. The maximum absolute atomic E-state index is 13.6. The first kappa shape index (κ1) is 25.6. The molecular weight excluding hydrogens is 469 g/mol. The van der Waals surface area contributed by atoms with Gasteiger partial charge >= 0.3 is 6.03 Å². The van der Waals surface area contributed by atoms with Crippen molar-refractivity contribution in [3.8, 4) is 16.8 Å². The number of nitrogens with one attached hydrogen (secondary N) is 2. The minimum absolute atomic E-state index is 0.179. The van der Waals surface area contributed by atoms with Crippen molar-refractivity contribution in [1.82, 2.24) is 14.7 Å². The molecule has 7 nitrogen and oxygen atoms in total. The molecule has 190 valence electrons. The third-order valence-corrected chi connectivity index (χ3v) is 5.92. The van der Waals surface area contributed by atoms with E-state index < -0.39 is 11.8 Å². The molecule has 1 heterocycles. The SMILES string of the molecule is CCCN(CC(=O)Nc1c(-c2ccccc2)c(C)nn1-c1ccccc1C)C(=O)Nc1cccc(F)c1. The lowest BCUT2D eigenvalue weighted by Gasteiger charge is -2.22. The Morgan fingerprint density at radius 1 is 0.946 bits per heavy atom. The summed E-state index contributed by atoms with van der Waals surface area (Å²) < 4.78 is 15.3. The average Bonchev–Trinajstić information content (AvgIpc) is 3.19. The highest BCUT2D eigenvalue weighted by Crippen LogP contribution is 2.34. The van der Waals surface area contributed by atoms with Crippen molar-refractivity contribution >= 4 is 23.4 Å². The van der Waals surface area contributed by atoms with Gasteiger partial charge in [0.1, 0.15) is 18.2 Å². The summed E-state index contributed by atoms with van der Waals surface area (Å²) in [5, 5.41) is 10.5. The van der Waals surface area contributed by atoms with Crippen LogP contribution < -0.4 is 10.6 Å². The zero-order valence-corrected chi connectivity index (χ0v) is 21.2. The number of anilines is 2. The van der Waals surface area contributed by atoms with E-state index in [-0.39, 0.29) is 12.5 Å². The van der Waals surface area contributed by atoms with Gasteiger partial charge in [-0.25, -0.2) is 13.9 Å². The van der Waals surface area contributed by atoms with Gasteiger partial charge in [0.05, 0.1) is 11.4 Å². The topological polar surface area (TPSA) is 79.3 Å². The lowest BCUT2D eigenvalue weighted by atomic mass is 10.1. The number of halogens is 1. The Morgan fingerprint density at radius 3 is 2.38 bits per heavy atom. The van der Waals surface area contributed by atoms with Crippen molar-refractivity contribution < 1.29 is 14.0 Å². The fraction of sp³-hybridized carbons (Fsp3) is 0.207. The van der Waals surface area contributed by atoms with Crippen LogP contribution in [0.4, 0.5) is 20.7 Å². The zero-order chi connectivity index (χ0) is 26.4. The van der Waals surface area contributed by atoms with Crippen LogP contribution in [0, 0.1) is 19.7 Å². The summed E-state index contributed by atoms with van der Waals surface area (Å²) in [6.07, 6.45) is 0.652. The van der Waals surface area contributed by atoms with E-state index in [4.69, 9.17) is 5.10 Å². The molecule has 2 N–H and O–H groups in total. The summed E-state index contributed by atoms with van der Waals surface area (Å²) >= 11 is 0. The molecule has 0 saturated carbocycles. The number of para-hydroxylation sites is 1. The summed E-state index contributed by atoms with van der Waals surface area (Å²) in [5.74, 6) is -0.286. The van der Waals surface area contributed by atoms with E-state index >= 15 is 0 Å². The average molecular weight is 500 g/mol. The Balaban J connectivity index is 1.63. The monoisotopic (exact) mass is 499 g/mol. The number of rotatable bonds is 8. The Morgan fingerprint density at radius 2 is 1.68 bits per heavy atom. The maximum Gasteiger partial charge on any atom is 0.322 e. The fourth-order valence-electron chi connectivity index (χ4n) is 4.20. The summed E-state index contributed by atoms with van der Waals surface area (Å²) in [4.78, 5) is 27.7. The highest BCUT2D eigenvalue weighted by atomic mass is 19.1. The van der Waals surface area contributed by atoms with E-state index in [1.807, 2.05) is 75.4 Å². The summed E-state index contributed by atoms with van der Waals surface area (Å²) in [6.45, 7) is 5.99. The molecule has 8 heteroatoms. The predicted molar refractivity (Wildman–Crippen MR) is 144 cm³/mol. The van der Waals surface area contributed by atoms with E-state index in [9.17, 15) is 14.0 Å². The van der Waals surface area contributed by atoms with Crippen LogP contribution >= 0.6 is 0 Å². The Kier molecular flexibility index (Phi) is 7.98. The highest BCUT2D eigenvalue weighted by Gasteiger charge is 2.23. The van der Waals surface area contributed by atoms with Crippen LogP contribution in [0.15, 0.2) is 78.9 Å². The lowest BCUT2D eigenvalue weighted by Crippen LogP contribution is -2.41. The number of carbonyl (C=O) groups excluding carboxylic acids is 2. The number of nitrogens with zero attached hydrogens (tertiary/aromatic N) is 3. The van der Waals surface area contributed by atoms with Crippen molar-refractivity contribution in [2.24, 2.45) is 0 Å². The molecule has 0 saturated heterocycles. The number of aryl methyl sites for hydroxylation is 2. The number of hydrogen-bond acceptors (Lipinski definition) is 3. The first-order chi connectivity index (χ1) is 17.9. The first-order valence-corrected chi connectivity index (χ1v) is 12.2. The number of amides is 3. The van der Waals surface area contributed by atoms with Crippen LogP contribution in [-0.2, 0) is 4.79 Å². The van der Waals surface area contributed by atoms with Crippen molar-refractivity contribution in [2.45, 2.75) is 27.2 Å². The first-order valence-electron chi connectivity index (χ1n) is 12.2. The molecule has 1 aromatic heterocycles. The molecule has 0 atom stereocenters. The minimum atomic E-state index is -0.477. The molecule has 0 fully saturated rings. The molecule has 4 rings (SSSR count). The van der Waals surface area contributed by atoms with Crippen molar-refractivity contribution in [3.63, 3.8) is 0 Å². The van der Waals surface area contributed by atoms with E-state index in [1.54, 1.807) is 10.7 Å². The van der Waals surface area contributed by atoms with Gasteiger partial charge in [-0.3, -0.25) is 4.79 Å². The number of carbonyl (C=O) groups is 2. The van der Waals surface area contributed by atoms with Gasteiger partial charge in [0, 0.05) is 17.8 Å². The minimum Gasteiger partial charge on any atom is -0.315 e. The smallest absolute Gasteiger partial charge is 0.315 e. The van der Waals surface area contributed by atoms with E-state index in [1.165, 1.54) is 23.1 Å². The summed E-state index contributed by atoms with van der Waals surface area (Å²) in [7, 11) is 0. The number of benzene rings is 3. The van der Waals surface area contributed by atoms with Crippen molar-refractivity contribution in [1.29, 1.82) is 0 Å². The summed E-state index contributed by atoms with van der Waals surface area (Å²) in [6, 6.07) is 22.7. The second-order valence-corrected chi connectivity index (χ2v) is 8.78. The molecule has 0 spiro atoms. The molecule has 4 aromatic rings. The van der Waals surface area contributed by atoms with Gasteiger partial charge in [0.2, 0.25) is 5.91 Å². The van der Waals surface area contributed by atoms with Gasteiger partial charge in [0.25, 0.3) is 0 Å². The van der Waals surface area contributed by atoms with Gasteiger partial charge < -0.3 is 15.5 Å². The van der Waals surface area contributed by atoms with Gasteiger partial charge in [-0.1, -0.05) is 61.5 Å². The molecule has 0 aliphatic carbocycles. The summed E-state index contributed by atoms with van der Waals surface area (Å²) in [5.41, 5.74) is 4.66. The van der Waals surface area contributed by atoms with E-state index in [2.05, 4.69) is 10.6 Å². The van der Waals surface area contributed by atoms with Crippen LogP contribution in [0.2, 0.25) is 0 Å². The molecular formula is C29H30FN5O2. The predicted octanol–water partition coefficient (Wildman–Crippen LogP) is 6.18. The van der Waals surface area contributed by atoms with Crippen LogP contribution in [0.5, 0.6) is 0 Å². The van der Waals surface area contributed by atoms with Crippen molar-refractivity contribution in [2.75, 3.05) is 23.7 Å². The Bertz CT molecular complexity index is 1400. The molecule has 0 unspecified atom stereocenters. The zero-order valence-electron chi connectivity index (χ0n) is 21.2. The maximum atomic E-state index is 13.6. The second kappa shape index (κ2) is 11.5. The van der Waals surface area contributed by atoms with E-state index in [0.717, 1.165) is 28.1 Å². The quantitative estimate of drug-likeness (QED) is 0.304. The molecule has 37 heavy (non-hydrogen) atoms. The highest BCUT2D eigenvalue weighted by molar-refractivity contribution is 5.99. The third kappa shape index (κ3) is 6.03. The standard InChI is InChI=1S/C29H30FN5O2/c1-4-17-34(29(37)31-24-15-10-14-23(30)18-24)19-26(36)32-28-27(22-12-6-5-7-13-22)21(3)33-35(28)25-16-9-8-11-20(25)2/h5-16,18H,4,17,19H2,1-3H3,(H,31,37)(H,32,36). The van der Waals surface area contributed by atoms with Crippen LogP contribution in [-0.4, -0.2) is 39.7 Å². The van der Waals surface area contributed by atoms with E-state index in [0.29, 0.717) is 24.5 Å². The third-order valence-electron chi connectivity index (χ3n) is 5.92. The van der Waals surface area contributed by atoms with Gasteiger partial charge in [-0.2, -0.15) is 5.10 Å². The Labute approximate surface area is 215 Å². The Hall–Kier alpha value is -4.46. The largest absolute Gasteiger partial charge is 0.322 e. The molecule has 3 amide bonds. The number of urea groups is 1. The molecule has 0 bridgehead atoms. The van der Waals surface area contributed by atoms with Crippen LogP contribution in [0.25, 0.3) is 16.8 Å². The van der Waals surface area contributed by atoms with Gasteiger partial charge in [0.15, 0.2) is 0 Å². The molecule has 0 aliphatic rings. The normalized spacial score (nSPS) is 10.7.